The van der Waals surface area contributed by atoms with E-state index < -0.39 is 28.1 Å². The number of benzene rings is 1. The van der Waals surface area contributed by atoms with Crippen molar-refractivity contribution in [2.24, 2.45) is 0 Å². The number of Topliss-reactive ketones (excluding diaryl/α,β-unsaturated/α-hetero) is 1. The third-order valence-corrected chi connectivity index (χ3v) is 2.36. The number of hydrogen-bond donors (Lipinski definition) is 0. The van der Waals surface area contributed by atoms with Gasteiger partial charge in [0.15, 0.2) is 5.78 Å². The van der Waals surface area contributed by atoms with Gasteiger partial charge in [0.25, 0.3) is 0 Å². The molecule has 1 rings (SSSR count). The fourth-order valence-corrected chi connectivity index (χ4v) is 1.63. The zero-order valence-corrected chi connectivity index (χ0v) is 9.24. The van der Waals surface area contributed by atoms with E-state index >= 15 is 0 Å². The third kappa shape index (κ3) is 2.29. The van der Waals surface area contributed by atoms with Gasteiger partial charge in [-0.05, 0) is 19.1 Å². The van der Waals surface area contributed by atoms with E-state index in [9.17, 15) is 18.0 Å². The van der Waals surface area contributed by atoms with Crippen LogP contribution in [0.4, 0.5) is 13.2 Å². The van der Waals surface area contributed by atoms with Crippen molar-refractivity contribution in [2.45, 2.75) is 13.1 Å². The van der Waals surface area contributed by atoms with E-state index in [1.807, 2.05) is 0 Å². The maximum absolute atomic E-state index is 12.7. The molecule has 0 spiro atoms. The first-order chi connectivity index (χ1) is 7.29. The predicted molar refractivity (Wildman–Crippen MR) is 53.0 cm³/mol. The molecule has 88 valence electrons. The van der Waals surface area contributed by atoms with Gasteiger partial charge in [-0.2, -0.15) is 13.2 Å². The minimum absolute atomic E-state index is 0.112. The van der Waals surface area contributed by atoms with E-state index in [0.29, 0.717) is 0 Å². The van der Waals surface area contributed by atoms with Crippen LogP contribution in [0, 0.1) is 0 Å². The Labute approximate surface area is 95.0 Å². The molecule has 0 aliphatic carbocycles. The molecule has 0 fully saturated rings. The van der Waals surface area contributed by atoms with Gasteiger partial charge in [-0.15, -0.1) is 0 Å². The van der Waals surface area contributed by atoms with E-state index in [1.165, 1.54) is 13.2 Å². The standard InChI is InChI=1S/C10H8ClF3O2/c1-5(15)6-3-4-7(16-2)9(11)8(6)10(12,13)14/h3-4H,1-2H3. The van der Waals surface area contributed by atoms with Gasteiger partial charge in [0.05, 0.1) is 17.7 Å². The third-order valence-electron chi connectivity index (χ3n) is 1.99. The normalized spacial score (nSPS) is 11.4. The number of hydrogen-bond acceptors (Lipinski definition) is 2. The predicted octanol–water partition coefficient (Wildman–Crippen LogP) is 3.57. The van der Waals surface area contributed by atoms with Crippen LogP contribution in [0.1, 0.15) is 22.8 Å². The van der Waals surface area contributed by atoms with Gasteiger partial charge in [0.1, 0.15) is 5.75 Å². The van der Waals surface area contributed by atoms with Crippen LogP contribution in [0.3, 0.4) is 0 Å². The Morgan fingerprint density at radius 1 is 1.38 bits per heavy atom. The van der Waals surface area contributed by atoms with Crippen LogP contribution < -0.4 is 4.74 Å². The van der Waals surface area contributed by atoms with Crippen molar-refractivity contribution in [1.82, 2.24) is 0 Å². The Balaban J connectivity index is 3.56. The largest absolute Gasteiger partial charge is 0.495 e. The molecule has 0 unspecified atom stereocenters. The van der Waals surface area contributed by atoms with E-state index in [2.05, 4.69) is 4.74 Å². The molecule has 2 nitrogen and oxygen atoms in total. The molecule has 1 aromatic rings. The molecular weight excluding hydrogens is 245 g/mol. The van der Waals surface area contributed by atoms with Crippen molar-refractivity contribution in [3.05, 3.63) is 28.3 Å². The Bertz CT molecular complexity index is 427. The summed E-state index contributed by atoms with van der Waals surface area (Å²) in [5, 5.41) is -0.595. The fraction of sp³-hybridized carbons (Fsp3) is 0.300. The van der Waals surface area contributed by atoms with Crippen LogP contribution in [-0.2, 0) is 6.18 Å². The van der Waals surface area contributed by atoms with Crippen LogP contribution in [0.25, 0.3) is 0 Å². The molecule has 0 saturated carbocycles. The number of alkyl halides is 3. The van der Waals surface area contributed by atoms with Crippen molar-refractivity contribution in [2.75, 3.05) is 7.11 Å². The lowest BCUT2D eigenvalue weighted by atomic mass is 10.0. The van der Waals surface area contributed by atoms with Gasteiger partial charge in [-0.25, -0.2) is 0 Å². The Morgan fingerprint density at radius 2 is 1.94 bits per heavy atom. The smallest absolute Gasteiger partial charge is 0.418 e. The van der Waals surface area contributed by atoms with Crippen LogP contribution in [0.5, 0.6) is 5.75 Å². The highest BCUT2D eigenvalue weighted by molar-refractivity contribution is 6.33. The van der Waals surface area contributed by atoms with Crippen molar-refractivity contribution in [3.63, 3.8) is 0 Å². The monoisotopic (exact) mass is 252 g/mol. The quantitative estimate of drug-likeness (QED) is 0.752. The summed E-state index contributed by atoms with van der Waals surface area (Å²) >= 11 is 5.55. The number of carbonyl (C=O) groups excluding carboxylic acids is 1. The zero-order valence-electron chi connectivity index (χ0n) is 8.48. The summed E-state index contributed by atoms with van der Waals surface area (Å²) in [6.07, 6.45) is -4.69. The van der Waals surface area contributed by atoms with Crippen LogP contribution >= 0.6 is 11.6 Å². The molecule has 0 radical (unpaired) electrons. The van der Waals surface area contributed by atoms with Gasteiger partial charge in [0.2, 0.25) is 0 Å². The average molecular weight is 253 g/mol. The summed E-state index contributed by atoms with van der Waals surface area (Å²) in [6.45, 7) is 1.05. The van der Waals surface area contributed by atoms with Crippen molar-refractivity contribution in [1.29, 1.82) is 0 Å². The van der Waals surface area contributed by atoms with E-state index in [0.717, 1.165) is 13.0 Å². The number of ketones is 1. The second kappa shape index (κ2) is 4.33. The van der Waals surface area contributed by atoms with Crippen molar-refractivity contribution < 1.29 is 22.7 Å². The summed E-state index contributed by atoms with van der Waals surface area (Å²) in [5.74, 6) is -0.809. The minimum Gasteiger partial charge on any atom is -0.495 e. The fourth-order valence-electron chi connectivity index (χ4n) is 1.29. The Kier molecular flexibility index (Phi) is 3.48. The number of carbonyl (C=O) groups is 1. The first-order valence-corrected chi connectivity index (χ1v) is 4.61. The number of ether oxygens (including phenoxy) is 1. The van der Waals surface area contributed by atoms with Gasteiger partial charge in [-0.1, -0.05) is 11.6 Å². The summed E-state index contributed by atoms with van der Waals surface area (Å²) in [6, 6.07) is 2.28. The van der Waals surface area contributed by atoms with Crippen molar-refractivity contribution >= 4 is 17.4 Å². The van der Waals surface area contributed by atoms with E-state index in [-0.39, 0.29) is 5.75 Å². The second-order valence-corrected chi connectivity index (χ2v) is 3.44. The van der Waals surface area contributed by atoms with Gasteiger partial charge >= 0.3 is 6.18 Å². The number of rotatable bonds is 2. The lowest BCUT2D eigenvalue weighted by molar-refractivity contribution is -0.137. The van der Waals surface area contributed by atoms with Gasteiger partial charge in [0, 0.05) is 5.56 Å². The maximum Gasteiger partial charge on any atom is 0.418 e. The minimum atomic E-state index is -4.69. The molecule has 0 heterocycles. The topological polar surface area (TPSA) is 26.3 Å². The molecule has 1 aromatic carbocycles. The van der Waals surface area contributed by atoms with Crippen LogP contribution in [-0.4, -0.2) is 12.9 Å². The lowest BCUT2D eigenvalue weighted by Gasteiger charge is -2.15. The van der Waals surface area contributed by atoms with Crippen LogP contribution in [0.2, 0.25) is 5.02 Å². The van der Waals surface area contributed by atoms with E-state index in [1.54, 1.807) is 0 Å². The van der Waals surface area contributed by atoms with E-state index in [4.69, 9.17) is 11.6 Å². The summed E-state index contributed by atoms with van der Waals surface area (Å²) in [4.78, 5) is 11.1. The van der Waals surface area contributed by atoms with Gasteiger partial charge < -0.3 is 4.74 Å². The molecule has 6 heteroatoms. The molecule has 0 aromatic heterocycles. The average Bonchev–Trinajstić information content (AvgIpc) is 2.14. The maximum atomic E-state index is 12.7. The molecule has 0 N–H and O–H groups in total. The summed E-state index contributed by atoms with van der Waals surface area (Å²) in [5.41, 5.74) is -1.61. The summed E-state index contributed by atoms with van der Waals surface area (Å²) < 4.78 is 42.8. The molecule has 0 aliphatic heterocycles. The molecule has 16 heavy (non-hydrogen) atoms. The molecule has 0 saturated heterocycles. The summed E-state index contributed by atoms with van der Waals surface area (Å²) in [7, 11) is 1.20. The SMILES string of the molecule is COc1ccc(C(C)=O)c(C(F)(F)F)c1Cl. The lowest BCUT2D eigenvalue weighted by Crippen LogP contribution is -2.13. The molecular formula is C10H8ClF3O2. The number of methoxy groups -OCH3 is 1. The Hall–Kier alpha value is -1.23. The molecule has 0 atom stereocenters. The molecule has 0 bridgehead atoms. The highest BCUT2D eigenvalue weighted by Crippen LogP contribution is 2.41. The highest BCUT2D eigenvalue weighted by atomic mass is 35.5. The van der Waals surface area contributed by atoms with Crippen LogP contribution in [0.15, 0.2) is 12.1 Å². The first kappa shape index (κ1) is 12.8. The second-order valence-electron chi connectivity index (χ2n) is 3.06. The number of halogens is 4. The zero-order chi connectivity index (χ0) is 12.5. The first-order valence-electron chi connectivity index (χ1n) is 4.23. The Morgan fingerprint density at radius 3 is 2.31 bits per heavy atom. The highest BCUT2D eigenvalue weighted by Gasteiger charge is 2.38. The van der Waals surface area contributed by atoms with Gasteiger partial charge in [-0.3, -0.25) is 4.79 Å². The van der Waals surface area contributed by atoms with Crippen molar-refractivity contribution in [3.8, 4) is 5.75 Å². The molecule has 0 aliphatic rings. The molecule has 0 amide bonds.